The van der Waals surface area contributed by atoms with Crippen molar-refractivity contribution in [2.45, 2.75) is 45.6 Å². The second kappa shape index (κ2) is 7.47. The molecule has 0 amide bonds. The molecule has 1 rings (SSSR count). The van der Waals surface area contributed by atoms with Crippen LogP contribution in [0, 0.1) is 0 Å². The maximum atomic E-state index is 3.44. The molecule has 0 radical (unpaired) electrons. The van der Waals surface area contributed by atoms with Crippen LogP contribution in [-0.4, -0.2) is 12.6 Å². The highest BCUT2D eigenvalue weighted by molar-refractivity contribution is 5.14. The van der Waals surface area contributed by atoms with Gasteiger partial charge in [0.05, 0.1) is 0 Å². The topological polar surface area (TPSA) is 12.0 Å². The van der Waals surface area contributed by atoms with E-state index in [1.54, 1.807) is 0 Å². The molecule has 0 aromatic heterocycles. The lowest BCUT2D eigenvalue weighted by Gasteiger charge is -2.07. The van der Waals surface area contributed by atoms with Crippen molar-refractivity contribution in [2.75, 3.05) is 6.54 Å². The molecule has 0 unspecified atom stereocenters. The van der Waals surface area contributed by atoms with Crippen molar-refractivity contribution in [1.82, 2.24) is 5.32 Å². The van der Waals surface area contributed by atoms with Crippen molar-refractivity contribution in [2.24, 2.45) is 0 Å². The van der Waals surface area contributed by atoms with Gasteiger partial charge in [-0.1, -0.05) is 50.6 Å². The Hall–Kier alpha value is -0.820. The van der Waals surface area contributed by atoms with Crippen molar-refractivity contribution in [3.8, 4) is 0 Å². The molecule has 0 saturated heterocycles. The number of hydrogen-bond donors (Lipinski definition) is 1. The summed E-state index contributed by atoms with van der Waals surface area (Å²) in [5.74, 6) is 0. The molecule has 0 saturated carbocycles. The Balaban J connectivity index is 1.98. The summed E-state index contributed by atoms with van der Waals surface area (Å²) < 4.78 is 0. The third-order valence-corrected chi connectivity index (χ3v) is 2.54. The summed E-state index contributed by atoms with van der Waals surface area (Å²) in [5.41, 5.74) is 1.47. The van der Waals surface area contributed by atoms with Crippen LogP contribution in [0.1, 0.15) is 38.7 Å². The first kappa shape index (κ1) is 12.3. The molecule has 0 atom stereocenters. The average Bonchev–Trinajstić information content (AvgIpc) is 2.24. The third kappa shape index (κ3) is 6.29. The molecule has 0 aliphatic heterocycles. The highest BCUT2D eigenvalue weighted by Gasteiger charge is 1.94. The van der Waals surface area contributed by atoms with E-state index in [4.69, 9.17) is 0 Å². The van der Waals surface area contributed by atoms with Gasteiger partial charge in [-0.25, -0.2) is 0 Å². The molecule has 0 aliphatic rings. The fourth-order valence-electron chi connectivity index (χ4n) is 1.67. The zero-order valence-electron chi connectivity index (χ0n) is 10.00. The fraction of sp³-hybridized carbons (Fsp3) is 0.571. The Morgan fingerprint density at radius 1 is 1.00 bits per heavy atom. The van der Waals surface area contributed by atoms with Gasteiger partial charge in [-0.3, -0.25) is 0 Å². The quantitative estimate of drug-likeness (QED) is 0.673. The molecular weight excluding hydrogens is 182 g/mol. The van der Waals surface area contributed by atoms with Crippen molar-refractivity contribution in [3.05, 3.63) is 35.9 Å². The molecular formula is C14H23N. The lowest BCUT2D eigenvalue weighted by Crippen LogP contribution is -2.23. The Labute approximate surface area is 93.9 Å². The molecule has 0 fully saturated rings. The third-order valence-electron chi connectivity index (χ3n) is 2.54. The molecule has 15 heavy (non-hydrogen) atoms. The smallest absolute Gasteiger partial charge is 0.00103 e. The normalized spacial score (nSPS) is 10.9. The summed E-state index contributed by atoms with van der Waals surface area (Å²) >= 11 is 0. The standard InChI is InChI=1S/C14H23N/c1-13(2)15-12-8-4-7-11-14-9-5-3-6-10-14/h3,5-6,9-10,13,15H,4,7-8,11-12H2,1-2H3. The van der Waals surface area contributed by atoms with Gasteiger partial charge in [0.1, 0.15) is 0 Å². The highest BCUT2D eigenvalue weighted by Crippen LogP contribution is 2.05. The van der Waals surface area contributed by atoms with E-state index in [0.717, 1.165) is 6.54 Å². The minimum absolute atomic E-state index is 0.624. The van der Waals surface area contributed by atoms with E-state index in [1.807, 2.05) is 0 Å². The number of nitrogens with one attached hydrogen (secondary N) is 1. The lowest BCUT2D eigenvalue weighted by atomic mass is 10.1. The van der Waals surface area contributed by atoms with Crippen LogP contribution in [0.4, 0.5) is 0 Å². The van der Waals surface area contributed by atoms with Gasteiger partial charge in [0, 0.05) is 6.04 Å². The number of aryl methyl sites for hydroxylation is 1. The van der Waals surface area contributed by atoms with Crippen LogP contribution in [0.5, 0.6) is 0 Å². The molecule has 1 nitrogen and oxygen atoms in total. The summed E-state index contributed by atoms with van der Waals surface area (Å²) in [4.78, 5) is 0. The fourth-order valence-corrected chi connectivity index (χ4v) is 1.67. The maximum absolute atomic E-state index is 3.44. The summed E-state index contributed by atoms with van der Waals surface area (Å²) in [7, 11) is 0. The van der Waals surface area contributed by atoms with Crippen LogP contribution in [0.2, 0.25) is 0 Å². The first-order valence-electron chi connectivity index (χ1n) is 6.06. The van der Waals surface area contributed by atoms with Crippen LogP contribution in [-0.2, 0) is 6.42 Å². The van der Waals surface area contributed by atoms with E-state index < -0.39 is 0 Å². The molecule has 1 heteroatoms. The predicted molar refractivity (Wildman–Crippen MR) is 67.1 cm³/mol. The Morgan fingerprint density at radius 3 is 2.40 bits per heavy atom. The Bertz CT molecular complexity index is 241. The Kier molecular flexibility index (Phi) is 6.10. The van der Waals surface area contributed by atoms with E-state index in [2.05, 4.69) is 49.5 Å². The van der Waals surface area contributed by atoms with Crippen molar-refractivity contribution in [3.63, 3.8) is 0 Å². The lowest BCUT2D eigenvalue weighted by molar-refractivity contribution is 0.548. The van der Waals surface area contributed by atoms with Gasteiger partial charge in [-0.05, 0) is 31.4 Å². The first-order valence-corrected chi connectivity index (χ1v) is 6.06. The Morgan fingerprint density at radius 2 is 1.73 bits per heavy atom. The van der Waals surface area contributed by atoms with Crippen LogP contribution >= 0.6 is 0 Å². The number of hydrogen-bond acceptors (Lipinski definition) is 1. The van der Waals surface area contributed by atoms with E-state index in [-0.39, 0.29) is 0 Å². The second-order valence-corrected chi connectivity index (χ2v) is 4.41. The summed E-state index contributed by atoms with van der Waals surface area (Å²) in [6.45, 7) is 5.56. The largest absolute Gasteiger partial charge is 0.315 e. The van der Waals surface area contributed by atoms with Gasteiger partial charge in [0.25, 0.3) is 0 Å². The SMILES string of the molecule is CC(C)NCCCCCc1ccccc1. The van der Waals surface area contributed by atoms with Crippen LogP contribution in [0.25, 0.3) is 0 Å². The molecule has 0 bridgehead atoms. The van der Waals surface area contributed by atoms with E-state index >= 15 is 0 Å². The molecule has 84 valence electrons. The summed E-state index contributed by atoms with van der Waals surface area (Å²) in [5, 5.41) is 3.44. The summed E-state index contributed by atoms with van der Waals surface area (Å²) in [6, 6.07) is 11.4. The van der Waals surface area contributed by atoms with Crippen molar-refractivity contribution in [1.29, 1.82) is 0 Å². The number of benzene rings is 1. The highest BCUT2D eigenvalue weighted by atomic mass is 14.9. The maximum Gasteiger partial charge on any atom is 0.00103 e. The van der Waals surface area contributed by atoms with Gasteiger partial charge < -0.3 is 5.32 Å². The molecule has 1 aromatic rings. The monoisotopic (exact) mass is 205 g/mol. The average molecular weight is 205 g/mol. The van der Waals surface area contributed by atoms with Gasteiger partial charge in [-0.15, -0.1) is 0 Å². The number of unbranched alkanes of at least 4 members (excludes halogenated alkanes) is 2. The molecule has 1 N–H and O–H groups in total. The predicted octanol–water partition coefficient (Wildman–Crippen LogP) is 3.40. The first-order chi connectivity index (χ1) is 7.29. The zero-order chi connectivity index (χ0) is 10.9. The van der Waals surface area contributed by atoms with Crippen molar-refractivity contribution >= 4 is 0 Å². The van der Waals surface area contributed by atoms with E-state index in [9.17, 15) is 0 Å². The molecule has 1 aromatic carbocycles. The van der Waals surface area contributed by atoms with Crippen LogP contribution < -0.4 is 5.32 Å². The zero-order valence-corrected chi connectivity index (χ0v) is 10.00. The molecule has 0 aliphatic carbocycles. The second-order valence-electron chi connectivity index (χ2n) is 4.41. The van der Waals surface area contributed by atoms with Gasteiger partial charge in [0.2, 0.25) is 0 Å². The van der Waals surface area contributed by atoms with Crippen LogP contribution in [0.15, 0.2) is 30.3 Å². The summed E-state index contributed by atoms with van der Waals surface area (Å²) in [6.07, 6.45) is 5.16. The molecule has 0 heterocycles. The van der Waals surface area contributed by atoms with Gasteiger partial charge in [-0.2, -0.15) is 0 Å². The minimum atomic E-state index is 0.624. The number of rotatable bonds is 7. The van der Waals surface area contributed by atoms with E-state index in [0.29, 0.717) is 6.04 Å². The van der Waals surface area contributed by atoms with Gasteiger partial charge in [0.15, 0.2) is 0 Å². The van der Waals surface area contributed by atoms with Gasteiger partial charge >= 0.3 is 0 Å². The van der Waals surface area contributed by atoms with E-state index in [1.165, 1.54) is 31.2 Å². The molecule has 0 spiro atoms. The minimum Gasteiger partial charge on any atom is -0.315 e. The van der Waals surface area contributed by atoms with Crippen LogP contribution in [0.3, 0.4) is 0 Å². The van der Waals surface area contributed by atoms with Crippen molar-refractivity contribution < 1.29 is 0 Å².